The predicted octanol–water partition coefficient (Wildman–Crippen LogP) is 3.91. The molecule has 0 radical (unpaired) electrons. The third kappa shape index (κ3) is 1.79. The molecule has 1 saturated carbocycles. The molecule has 0 bridgehead atoms. The average Bonchev–Trinajstić information content (AvgIpc) is 2.90. The SMILES string of the molecule is C=C[C@]1(C)C[C@@H]1/C=C/c1ccccc1. The van der Waals surface area contributed by atoms with Crippen molar-refractivity contribution in [3.8, 4) is 0 Å². The molecule has 0 spiro atoms. The van der Waals surface area contributed by atoms with Crippen molar-refractivity contribution in [3.63, 3.8) is 0 Å². The van der Waals surface area contributed by atoms with Gasteiger partial charge in [-0.2, -0.15) is 0 Å². The average molecular weight is 184 g/mol. The maximum atomic E-state index is 3.87. The van der Waals surface area contributed by atoms with Gasteiger partial charge in [-0.15, -0.1) is 6.58 Å². The molecule has 2 rings (SSSR count). The molecule has 0 aromatic heterocycles. The minimum atomic E-state index is 0.366. The molecule has 0 amide bonds. The molecular weight excluding hydrogens is 168 g/mol. The molecule has 72 valence electrons. The number of rotatable bonds is 3. The Morgan fingerprint density at radius 3 is 2.64 bits per heavy atom. The summed E-state index contributed by atoms with van der Waals surface area (Å²) in [5.74, 6) is 0.695. The predicted molar refractivity (Wildman–Crippen MR) is 61.9 cm³/mol. The highest BCUT2D eigenvalue weighted by atomic mass is 14.5. The van der Waals surface area contributed by atoms with E-state index in [1.807, 2.05) is 6.07 Å². The molecule has 2 atom stereocenters. The quantitative estimate of drug-likeness (QED) is 0.625. The van der Waals surface area contributed by atoms with E-state index in [0.29, 0.717) is 11.3 Å². The lowest BCUT2D eigenvalue weighted by atomic mass is 10.1. The van der Waals surface area contributed by atoms with Crippen molar-refractivity contribution in [2.45, 2.75) is 13.3 Å². The molecular formula is C14H16. The van der Waals surface area contributed by atoms with Crippen LogP contribution in [0.15, 0.2) is 49.1 Å². The van der Waals surface area contributed by atoms with Gasteiger partial charge in [0.05, 0.1) is 0 Å². The summed E-state index contributed by atoms with van der Waals surface area (Å²) in [4.78, 5) is 0. The zero-order valence-electron chi connectivity index (χ0n) is 8.61. The van der Waals surface area contributed by atoms with Crippen LogP contribution in [-0.2, 0) is 0 Å². The molecule has 1 fully saturated rings. The Labute approximate surface area is 86.0 Å². The molecule has 1 aromatic rings. The summed E-state index contributed by atoms with van der Waals surface area (Å²) in [5, 5.41) is 0. The van der Waals surface area contributed by atoms with Crippen LogP contribution < -0.4 is 0 Å². The van der Waals surface area contributed by atoms with Crippen LogP contribution in [-0.4, -0.2) is 0 Å². The molecule has 0 heterocycles. The standard InChI is InChI=1S/C14H16/c1-3-14(2)11-13(14)10-9-12-7-5-4-6-8-12/h3-10,13H,1,11H2,2H3/b10-9+/t13-,14+/m0/s1. The molecule has 0 nitrogen and oxygen atoms in total. The Hall–Kier alpha value is -1.30. The van der Waals surface area contributed by atoms with Crippen molar-refractivity contribution in [1.82, 2.24) is 0 Å². The van der Waals surface area contributed by atoms with Crippen LogP contribution in [0.5, 0.6) is 0 Å². The first-order valence-electron chi connectivity index (χ1n) is 5.11. The Kier molecular flexibility index (Phi) is 2.28. The van der Waals surface area contributed by atoms with E-state index >= 15 is 0 Å². The maximum absolute atomic E-state index is 3.87. The van der Waals surface area contributed by atoms with Crippen molar-refractivity contribution in [2.24, 2.45) is 11.3 Å². The van der Waals surface area contributed by atoms with Crippen LogP contribution >= 0.6 is 0 Å². The molecule has 0 aliphatic heterocycles. The summed E-state index contributed by atoms with van der Waals surface area (Å²) in [6.07, 6.45) is 7.84. The van der Waals surface area contributed by atoms with E-state index in [2.05, 4.69) is 56.0 Å². The van der Waals surface area contributed by atoms with Crippen LogP contribution in [0.3, 0.4) is 0 Å². The number of benzene rings is 1. The first kappa shape index (κ1) is 9.26. The lowest BCUT2D eigenvalue weighted by Gasteiger charge is -1.98. The highest BCUT2D eigenvalue weighted by Gasteiger charge is 2.45. The first-order chi connectivity index (χ1) is 6.74. The van der Waals surface area contributed by atoms with Gasteiger partial charge in [-0.3, -0.25) is 0 Å². The molecule has 0 heteroatoms. The van der Waals surface area contributed by atoms with Gasteiger partial charge in [0.15, 0.2) is 0 Å². The Balaban J connectivity index is 2.00. The molecule has 1 aliphatic carbocycles. The number of hydrogen-bond donors (Lipinski definition) is 0. The van der Waals surface area contributed by atoms with Crippen LogP contribution in [0.2, 0.25) is 0 Å². The Morgan fingerprint density at radius 2 is 2.07 bits per heavy atom. The summed E-state index contributed by atoms with van der Waals surface area (Å²) in [6.45, 7) is 6.13. The van der Waals surface area contributed by atoms with Gasteiger partial charge in [-0.25, -0.2) is 0 Å². The van der Waals surface area contributed by atoms with Gasteiger partial charge in [0.2, 0.25) is 0 Å². The molecule has 1 aliphatic rings. The lowest BCUT2D eigenvalue weighted by molar-refractivity contribution is 0.699. The van der Waals surface area contributed by atoms with Crippen LogP contribution in [0, 0.1) is 11.3 Å². The molecule has 0 saturated heterocycles. The molecule has 1 aromatic carbocycles. The van der Waals surface area contributed by atoms with Gasteiger partial charge in [-0.05, 0) is 23.3 Å². The van der Waals surface area contributed by atoms with Gasteiger partial charge < -0.3 is 0 Å². The first-order valence-corrected chi connectivity index (χ1v) is 5.11. The fourth-order valence-electron chi connectivity index (χ4n) is 1.73. The van der Waals surface area contributed by atoms with Gasteiger partial charge in [0.25, 0.3) is 0 Å². The highest BCUT2D eigenvalue weighted by molar-refractivity contribution is 5.50. The number of hydrogen-bond acceptors (Lipinski definition) is 0. The van der Waals surface area contributed by atoms with Crippen LogP contribution in [0.4, 0.5) is 0 Å². The van der Waals surface area contributed by atoms with E-state index in [1.54, 1.807) is 0 Å². The van der Waals surface area contributed by atoms with Gasteiger partial charge >= 0.3 is 0 Å². The summed E-state index contributed by atoms with van der Waals surface area (Å²) in [5.41, 5.74) is 1.65. The van der Waals surface area contributed by atoms with E-state index in [0.717, 1.165) is 0 Å². The molecule has 0 N–H and O–H groups in total. The smallest absolute Gasteiger partial charge is 0.00801 e. The summed E-state index contributed by atoms with van der Waals surface area (Å²) < 4.78 is 0. The van der Waals surface area contributed by atoms with Crippen LogP contribution in [0.1, 0.15) is 18.9 Å². The van der Waals surface area contributed by atoms with E-state index in [9.17, 15) is 0 Å². The zero-order chi connectivity index (χ0) is 10.0. The fraction of sp³-hybridized carbons (Fsp3) is 0.286. The van der Waals surface area contributed by atoms with Crippen molar-refractivity contribution in [2.75, 3.05) is 0 Å². The van der Waals surface area contributed by atoms with Crippen molar-refractivity contribution in [3.05, 3.63) is 54.6 Å². The van der Waals surface area contributed by atoms with E-state index < -0.39 is 0 Å². The second-order valence-electron chi connectivity index (χ2n) is 4.29. The Morgan fingerprint density at radius 1 is 1.36 bits per heavy atom. The molecule has 0 unspecified atom stereocenters. The van der Waals surface area contributed by atoms with Crippen molar-refractivity contribution >= 4 is 6.08 Å². The normalized spacial score (nSPS) is 30.5. The zero-order valence-corrected chi connectivity index (χ0v) is 8.61. The van der Waals surface area contributed by atoms with Crippen molar-refractivity contribution in [1.29, 1.82) is 0 Å². The highest BCUT2D eigenvalue weighted by Crippen LogP contribution is 2.54. The van der Waals surface area contributed by atoms with Crippen molar-refractivity contribution < 1.29 is 0 Å². The molecule has 14 heavy (non-hydrogen) atoms. The number of allylic oxidation sites excluding steroid dienone is 2. The Bertz CT molecular complexity index is 348. The summed E-state index contributed by atoms with van der Waals surface area (Å²) in [7, 11) is 0. The topological polar surface area (TPSA) is 0 Å². The van der Waals surface area contributed by atoms with E-state index in [1.165, 1.54) is 12.0 Å². The largest absolute Gasteiger partial charge is 0.103 e. The van der Waals surface area contributed by atoms with E-state index in [4.69, 9.17) is 0 Å². The van der Waals surface area contributed by atoms with Gasteiger partial charge in [0.1, 0.15) is 0 Å². The summed E-state index contributed by atoms with van der Waals surface area (Å²) in [6, 6.07) is 10.4. The third-order valence-corrected chi connectivity index (χ3v) is 3.13. The van der Waals surface area contributed by atoms with Gasteiger partial charge in [0, 0.05) is 0 Å². The van der Waals surface area contributed by atoms with E-state index in [-0.39, 0.29) is 0 Å². The maximum Gasteiger partial charge on any atom is -0.00801 e. The minimum Gasteiger partial charge on any atom is -0.103 e. The second-order valence-corrected chi connectivity index (χ2v) is 4.29. The monoisotopic (exact) mass is 184 g/mol. The van der Waals surface area contributed by atoms with Crippen LogP contribution in [0.25, 0.3) is 6.08 Å². The second kappa shape index (κ2) is 3.45. The third-order valence-electron chi connectivity index (χ3n) is 3.13. The van der Waals surface area contributed by atoms with Gasteiger partial charge in [-0.1, -0.05) is 55.5 Å². The summed E-state index contributed by atoms with van der Waals surface area (Å²) >= 11 is 0. The fourth-order valence-corrected chi connectivity index (χ4v) is 1.73. The lowest BCUT2D eigenvalue weighted by Crippen LogP contribution is -1.88. The minimum absolute atomic E-state index is 0.366.